The summed E-state index contributed by atoms with van der Waals surface area (Å²) in [6.07, 6.45) is 0. The summed E-state index contributed by atoms with van der Waals surface area (Å²) < 4.78 is 5.08. The Labute approximate surface area is 160 Å². The minimum atomic E-state index is -0.589. The Kier molecular flexibility index (Phi) is 6.39. The topological polar surface area (TPSA) is 75.7 Å². The molecule has 138 valence electrons. The van der Waals surface area contributed by atoms with Crippen LogP contribution in [0.25, 0.3) is 0 Å². The highest BCUT2D eigenvalue weighted by atomic mass is 35.5. The van der Waals surface area contributed by atoms with Crippen molar-refractivity contribution in [2.75, 3.05) is 26.0 Å². The summed E-state index contributed by atoms with van der Waals surface area (Å²) in [5.41, 5.74) is 0.930. The number of halogens is 1. The van der Waals surface area contributed by atoms with E-state index in [0.717, 1.165) is 11.3 Å². The first-order valence-corrected chi connectivity index (χ1v) is 9.05. The summed E-state index contributed by atoms with van der Waals surface area (Å²) in [4.78, 5) is 39.1. The molecule has 0 saturated carbocycles. The van der Waals surface area contributed by atoms with Gasteiger partial charge >= 0.3 is 5.97 Å². The van der Waals surface area contributed by atoms with Crippen LogP contribution in [0.3, 0.4) is 0 Å². The highest BCUT2D eigenvalue weighted by Gasteiger charge is 2.27. The number of anilines is 1. The molecule has 26 heavy (non-hydrogen) atoms. The van der Waals surface area contributed by atoms with E-state index in [1.54, 1.807) is 52.2 Å². The molecule has 0 aliphatic rings. The van der Waals surface area contributed by atoms with Gasteiger partial charge in [0.1, 0.15) is 5.00 Å². The summed E-state index contributed by atoms with van der Waals surface area (Å²) in [7, 11) is 3.24. The number of hydrogen-bond donors (Lipinski definition) is 1. The lowest BCUT2D eigenvalue weighted by molar-refractivity contribution is 0.0527. The number of nitrogens with one attached hydrogen (secondary N) is 1. The van der Waals surface area contributed by atoms with Crippen molar-refractivity contribution in [3.63, 3.8) is 0 Å². The zero-order valence-electron chi connectivity index (χ0n) is 14.9. The average Bonchev–Trinajstić information content (AvgIpc) is 2.90. The number of benzene rings is 1. The molecule has 6 nitrogen and oxygen atoms in total. The van der Waals surface area contributed by atoms with Crippen LogP contribution >= 0.6 is 22.9 Å². The molecule has 0 aliphatic carbocycles. The highest BCUT2D eigenvalue weighted by molar-refractivity contribution is 7.18. The minimum Gasteiger partial charge on any atom is -0.462 e. The Balaban J connectivity index is 2.47. The number of amides is 2. The summed E-state index contributed by atoms with van der Waals surface area (Å²) in [5, 5.41) is 3.24. The monoisotopic (exact) mass is 394 g/mol. The summed E-state index contributed by atoms with van der Waals surface area (Å²) in [5.74, 6) is -1.31. The molecular weight excluding hydrogens is 376 g/mol. The SMILES string of the molecule is CCOC(=O)c1c(NC(=O)c2ccccc2Cl)sc(C(=O)N(C)C)c1C. The maximum Gasteiger partial charge on any atom is 0.341 e. The predicted molar refractivity (Wildman–Crippen MR) is 102 cm³/mol. The van der Waals surface area contributed by atoms with E-state index < -0.39 is 11.9 Å². The van der Waals surface area contributed by atoms with Crippen molar-refractivity contribution < 1.29 is 19.1 Å². The predicted octanol–water partition coefficient (Wildman–Crippen LogP) is 3.84. The van der Waals surface area contributed by atoms with Crippen LogP contribution in [-0.2, 0) is 4.74 Å². The number of hydrogen-bond acceptors (Lipinski definition) is 5. The lowest BCUT2D eigenvalue weighted by Crippen LogP contribution is -2.21. The smallest absolute Gasteiger partial charge is 0.341 e. The lowest BCUT2D eigenvalue weighted by atomic mass is 10.1. The van der Waals surface area contributed by atoms with Crippen molar-refractivity contribution in [3.8, 4) is 0 Å². The van der Waals surface area contributed by atoms with Gasteiger partial charge in [-0.05, 0) is 31.5 Å². The van der Waals surface area contributed by atoms with Crippen LogP contribution in [0.1, 0.15) is 42.9 Å². The third-order valence-electron chi connectivity index (χ3n) is 3.57. The lowest BCUT2D eigenvalue weighted by Gasteiger charge is -2.09. The van der Waals surface area contributed by atoms with E-state index in [0.29, 0.717) is 15.5 Å². The normalized spacial score (nSPS) is 10.3. The molecule has 2 aromatic rings. The van der Waals surface area contributed by atoms with E-state index in [-0.39, 0.29) is 28.6 Å². The molecule has 2 rings (SSSR count). The number of nitrogens with zero attached hydrogens (tertiary/aromatic N) is 1. The zero-order chi connectivity index (χ0) is 19.4. The fraction of sp³-hybridized carbons (Fsp3) is 0.278. The molecule has 8 heteroatoms. The van der Waals surface area contributed by atoms with Crippen molar-refractivity contribution in [1.82, 2.24) is 4.90 Å². The van der Waals surface area contributed by atoms with E-state index in [2.05, 4.69) is 5.32 Å². The molecule has 0 radical (unpaired) electrons. The first-order chi connectivity index (χ1) is 12.3. The van der Waals surface area contributed by atoms with Crippen molar-refractivity contribution >= 4 is 45.7 Å². The largest absolute Gasteiger partial charge is 0.462 e. The van der Waals surface area contributed by atoms with Gasteiger partial charge in [0.05, 0.1) is 27.6 Å². The third kappa shape index (κ3) is 4.05. The molecule has 0 fully saturated rings. The van der Waals surface area contributed by atoms with Gasteiger partial charge in [-0.15, -0.1) is 11.3 Å². The van der Waals surface area contributed by atoms with Gasteiger partial charge in [0.15, 0.2) is 0 Å². The molecule has 1 N–H and O–H groups in total. The number of thiophene rings is 1. The van der Waals surface area contributed by atoms with Gasteiger partial charge in [0, 0.05) is 14.1 Å². The van der Waals surface area contributed by atoms with E-state index in [1.165, 1.54) is 4.90 Å². The van der Waals surface area contributed by atoms with Gasteiger partial charge < -0.3 is 15.0 Å². The van der Waals surface area contributed by atoms with Gasteiger partial charge in [-0.25, -0.2) is 4.79 Å². The average molecular weight is 395 g/mol. The molecule has 1 heterocycles. The Bertz CT molecular complexity index is 861. The molecule has 2 amide bonds. The molecule has 0 aliphatic heterocycles. The third-order valence-corrected chi connectivity index (χ3v) is 5.10. The second-order valence-corrected chi connectivity index (χ2v) is 7.04. The molecule has 0 unspecified atom stereocenters. The van der Waals surface area contributed by atoms with E-state index in [9.17, 15) is 14.4 Å². The first kappa shape index (κ1) is 19.9. The molecule has 0 atom stereocenters. The summed E-state index contributed by atoms with van der Waals surface area (Å²) in [6.45, 7) is 3.53. The quantitative estimate of drug-likeness (QED) is 0.781. The molecule has 0 spiro atoms. The second-order valence-electron chi connectivity index (χ2n) is 5.61. The zero-order valence-corrected chi connectivity index (χ0v) is 16.5. The number of ether oxygens (including phenoxy) is 1. The van der Waals surface area contributed by atoms with Gasteiger partial charge in [0.25, 0.3) is 11.8 Å². The van der Waals surface area contributed by atoms with Crippen LogP contribution in [-0.4, -0.2) is 43.4 Å². The number of carbonyl (C=O) groups is 3. The van der Waals surface area contributed by atoms with E-state index >= 15 is 0 Å². The van der Waals surface area contributed by atoms with Crippen LogP contribution in [0.15, 0.2) is 24.3 Å². The van der Waals surface area contributed by atoms with Gasteiger partial charge in [-0.3, -0.25) is 9.59 Å². The Hall–Kier alpha value is -2.38. The Morgan fingerprint density at radius 3 is 2.46 bits per heavy atom. The summed E-state index contributed by atoms with van der Waals surface area (Å²) in [6, 6.07) is 6.58. The fourth-order valence-electron chi connectivity index (χ4n) is 2.27. The second kappa shape index (κ2) is 8.33. The van der Waals surface area contributed by atoms with Crippen LogP contribution in [0, 0.1) is 6.92 Å². The van der Waals surface area contributed by atoms with E-state index in [4.69, 9.17) is 16.3 Å². The Morgan fingerprint density at radius 1 is 1.23 bits per heavy atom. The van der Waals surface area contributed by atoms with Crippen LogP contribution < -0.4 is 5.32 Å². The molecule has 0 bridgehead atoms. The van der Waals surface area contributed by atoms with Gasteiger partial charge in [-0.2, -0.15) is 0 Å². The standard InChI is InChI=1S/C18H19ClN2O4S/c1-5-25-18(24)13-10(2)14(17(23)21(3)4)26-16(13)20-15(22)11-8-6-7-9-12(11)19/h6-9H,5H2,1-4H3,(H,20,22). The maximum atomic E-state index is 12.6. The number of carbonyl (C=O) groups excluding carboxylic acids is 3. The van der Waals surface area contributed by atoms with Gasteiger partial charge in [0.2, 0.25) is 0 Å². The summed E-state index contributed by atoms with van der Waals surface area (Å²) >= 11 is 7.09. The van der Waals surface area contributed by atoms with Crippen LogP contribution in [0.2, 0.25) is 5.02 Å². The Morgan fingerprint density at radius 2 is 1.88 bits per heavy atom. The van der Waals surface area contributed by atoms with Crippen molar-refractivity contribution in [1.29, 1.82) is 0 Å². The van der Waals surface area contributed by atoms with Crippen LogP contribution in [0.5, 0.6) is 0 Å². The molecule has 1 aromatic carbocycles. The maximum absolute atomic E-state index is 12.6. The number of esters is 1. The van der Waals surface area contributed by atoms with Crippen LogP contribution in [0.4, 0.5) is 5.00 Å². The van der Waals surface area contributed by atoms with Crippen molar-refractivity contribution in [2.24, 2.45) is 0 Å². The van der Waals surface area contributed by atoms with Crippen molar-refractivity contribution in [3.05, 3.63) is 50.9 Å². The minimum absolute atomic E-state index is 0.183. The molecule has 0 saturated heterocycles. The highest BCUT2D eigenvalue weighted by Crippen LogP contribution is 2.35. The van der Waals surface area contributed by atoms with Gasteiger partial charge in [-0.1, -0.05) is 23.7 Å². The first-order valence-electron chi connectivity index (χ1n) is 7.85. The molecule has 1 aromatic heterocycles. The van der Waals surface area contributed by atoms with Crippen molar-refractivity contribution in [2.45, 2.75) is 13.8 Å². The van der Waals surface area contributed by atoms with E-state index in [1.807, 2.05) is 0 Å². The molecular formula is C18H19ClN2O4S. The fourth-order valence-corrected chi connectivity index (χ4v) is 3.71. The number of rotatable bonds is 5.